The molecule has 0 atom stereocenters. The molecule has 0 unspecified atom stereocenters. The molecule has 0 aliphatic carbocycles. The molecule has 6 aromatic heterocycles. The van der Waals surface area contributed by atoms with Crippen LogP contribution in [-0.2, 0) is 0 Å². The number of fused-ring (bicyclic) bond motifs is 15. The predicted molar refractivity (Wildman–Crippen MR) is 584 cm³/mol. The Morgan fingerprint density at radius 1 is 0.163 bits per heavy atom. The zero-order valence-electron chi connectivity index (χ0n) is 72.7. The molecule has 0 radical (unpaired) electrons. The van der Waals surface area contributed by atoms with Gasteiger partial charge in [0.2, 0.25) is 0 Å². The Kier molecular flexibility index (Phi) is 22.9. The maximum absolute atomic E-state index is 4.34. The first-order valence-electron chi connectivity index (χ1n) is 44.8. The van der Waals surface area contributed by atoms with Crippen LogP contribution < -0.4 is 0 Å². The molecule has 12 heteroatoms. The second-order valence-corrected chi connectivity index (χ2v) is 38.3. The minimum atomic E-state index is 0.668. The van der Waals surface area contributed by atoms with Gasteiger partial charge in [-0.25, -0.2) is 15.0 Å². The van der Waals surface area contributed by atoms with E-state index in [-0.39, 0.29) is 0 Å². The normalized spacial score (nSPS) is 11.4. The number of hydrogen-bond acceptors (Lipinski definition) is 4. The number of thiophene rings is 1. The molecular weight excluding hydrogens is 1930 g/mol. The van der Waals surface area contributed by atoms with Gasteiger partial charge in [0, 0.05) is 109 Å². The lowest BCUT2D eigenvalue weighted by Crippen LogP contribution is -1.94. The second kappa shape index (κ2) is 36.7. The summed E-state index contributed by atoms with van der Waals surface area (Å²) in [4.78, 5) is 12.6. The Morgan fingerprint density at radius 3 is 0.763 bits per heavy atom. The minimum absolute atomic E-state index is 0.668. The molecule has 0 spiro atoms. The first kappa shape index (κ1) is 84.0. The quantitative estimate of drug-likeness (QED) is 0.122. The second-order valence-electron chi connectivity index (χ2n) is 33.6. The lowest BCUT2D eigenvalue weighted by atomic mass is 10.0. The van der Waals surface area contributed by atoms with Gasteiger partial charge in [0.15, 0.2) is 5.82 Å². The van der Waals surface area contributed by atoms with Crippen LogP contribution in [0.3, 0.4) is 0 Å². The summed E-state index contributed by atoms with van der Waals surface area (Å²) in [5.74, 6) is 0.668. The molecular formula is C123H79Br4N7S. The molecule has 20 aromatic carbocycles. The van der Waals surface area contributed by atoms with Crippen LogP contribution in [-0.4, -0.2) is 33.2 Å². The largest absolute Gasteiger partial charge is 0.309 e. The van der Waals surface area contributed by atoms with Crippen LogP contribution in [0.5, 0.6) is 0 Å². The standard InChI is InChI=1S/C36H22BrNS.2C30H20BrN.C27H17BrN4/c37-27-8-6-7-23(19-27)25-13-16-29-30-17-14-26(22-34(30)38(33(29)21-25)28-9-2-1-3-10-28)24-15-18-36-32(20-24)31-11-4-5-12-35(31)39-36;31-25-11-7-10-22(18-25)24-14-16-27-28-19-23(21-8-3-1-4-9-21)15-17-29(28)32(30(27)20-24)26-12-5-2-6-13-26;31-25-11-7-10-22(18-25)24-15-17-28-27-16-14-23(21-8-3-1-4-9-21)19-29(27)32(30(28)20-24)26-12-5-2-6-13-26;28-21-6-4-5-18(13-21)19-9-11-23-24-12-10-20(27-30-16-29-17-31-27)15-26(24)32(25(23)14-19)22-7-2-1-3-8-22/h1-22H;2*1-20H;1-17H. The molecule has 0 amide bonds. The van der Waals surface area contributed by atoms with Crippen LogP contribution in [0.2, 0.25) is 0 Å². The van der Waals surface area contributed by atoms with E-state index >= 15 is 0 Å². The maximum Gasteiger partial charge on any atom is 0.162 e. The lowest BCUT2D eigenvalue weighted by Gasteiger charge is -2.10. The minimum Gasteiger partial charge on any atom is -0.309 e. The van der Waals surface area contributed by atoms with Crippen LogP contribution in [0.25, 0.3) is 219 Å². The number of aromatic nitrogens is 7. The van der Waals surface area contributed by atoms with Gasteiger partial charge in [-0.05, 0) is 248 Å². The van der Waals surface area contributed by atoms with Crippen molar-refractivity contribution in [2.24, 2.45) is 0 Å². The fourth-order valence-electron chi connectivity index (χ4n) is 19.1. The molecule has 26 aromatic rings. The molecule has 0 fully saturated rings. The summed E-state index contributed by atoms with van der Waals surface area (Å²) in [6, 6.07) is 167. The third-order valence-electron chi connectivity index (χ3n) is 25.4. The SMILES string of the molecule is Brc1cccc(-c2ccc3c4cc(-c5ccccc5)ccc4n(-c4ccccc4)c3c2)c1.Brc1cccc(-c2ccc3c4ccc(-c5ccc6sc7ccccc7c6c5)cc4n(-c4ccccc4)c3c2)c1.Brc1cccc(-c2ccc3c4ccc(-c5ccccc5)cc4n(-c4ccccc4)c3c2)c1.Brc1cccc(-c2ccc3c4ccc(-c5ncncn5)cc4n(-c4ccccc4)c3c2)c1. The van der Waals surface area contributed by atoms with Crippen molar-refractivity contribution in [3.63, 3.8) is 0 Å². The average molecular weight is 2010 g/mol. The number of halogens is 4. The van der Waals surface area contributed by atoms with Crippen LogP contribution >= 0.6 is 75.1 Å². The zero-order chi connectivity index (χ0) is 90.4. The van der Waals surface area contributed by atoms with Gasteiger partial charge in [-0.1, -0.05) is 361 Å². The van der Waals surface area contributed by atoms with Gasteiger partial charge in [-0.15, -0.1) is 11.3 Å². The van der Waals surface area contributed by atoms with E-state index in [1.807, 2.05) is 23.5 Å². The van der Waals surface area contributed by atoms with Gasteiger partial charge in [-0.3, -0.25) is 0 Å². The Labute approximate surface area is 818 Å². The summed E-state index contributed by atoms with van der Waals surface area (Å²) in [6.45, 7) is 0. The highest BCUT2D eigenvalue weighted by Crippen LogP contribution is 2.45. The number of hydrogen-bond donors (Lipinski definition) is 0. The van der Waals surface area contributed by atoms with Crippen molar-refractivity contribution in [2.75, 3.05) is 0 Å². The topological polar surface area (TPSA) is 58.4 Å². The van der Waals surface area contributed by atoms with E-state index in [9.17, 15) is 0 Å². The summed E-state index contributed by atoms with van der Waals surface area (Å²) in [6.07, 6.45) is 3.06. The van der Waals surface area contributed by atoms with Gasteiger partial charge in [0.05, 0.1) is 44.1 Å². The lowest BCUT2D eigenvalue weighted by molar-refractivity contribution is 1.06. The summed E-state index contributed by atoms with van der Waals surface area (Å²) in [5, 5.41) is 12.7. The van der Waals surface area contributed by atoms with Crippen molar-refractivity contribution in [1.29, 1.82) is 0 Å². The molecule has 135 heavy (non-hydrogen) atoms. The van der Waals surface area contributed by atoms with E-state index in [0.717, 1.165) is 40.2 Å². The number of nitrogens with zero attached hydrogens (tertiary/aromatic N) is 7. The van der Waals surface area contributed by atoms with Crippen molar-refractivity contribution in [1.82, 2.24) is 33.2 Å². The average Bonchev–Trinajstić information content (AvgIpc) is 1.62. The summed E-state index contributed by atoms with van der Waals surface area (Å²) < 4.78 is 16.5. The molecule has 0 N–H and O–H groups in total. The van der Waals surface area contributed by atoms with Crippen LogP contribution in [0, 0.1) is 0 Å². The van der Waals surface area contributed by atoms with E-state index in [1.54, 1.807) is 0 Å². The van der Waals surface area contributed by atoms with Gasteiger partial charge in [0.25, 0.3) is 0 Å². The van der Waals surface area contributed by atoms with E-state index in [1.165, 1.54) is 204 Å². The molecule has 26 rings (SSSR count). The number of benzene rings is 20. The van der Waals surface area contributed by atoms with E-state index in [4.69, 9.17) is 0 Å². The smallest absolute Gasteiger partial charge is 0.162 e. The molecule has 0 aliphatic rings. The first-order chi connectivity index (χ1) is 66.6. The van der Waals surface area contributed by atoms with E-state index < -0.39 is 0 Å². The van der Waals surface area contributed by atoms with Crippen molar-refractivity contribution in [3.05, 3.63) is 498 Å². The molecule has 640 valence electrons. The fourth-order valence-corrected chi connectivity index (χ4v) is 21.8. The Bertz CT molecular complexity index is 8650. The van der Waals surface area contributed by atoms with Gasteiger partial charge < -0.3 is 18.3 Å². The monoisotopic (exact) mass is 2000 g/mol. The highest BCUT2D eigenvalue weighted by atomic mass is 79.9. The molecule has 0 bridgehead atoms. The molecule has 6 heterocycles. The summed E-state index contributed by atoms with van der Waals surface area (Å²) >= 11 is 16.3. The molecule has 0 aliphatic heterocycles. The highest BCUT2D eigenvalue weighted by Gasteiger charge is 2.22. The third-order valence-corrected chi connectivity index (χ3v) is 28.6. The predicted octanol–water partition coefficient (Wildman–Crippen LogP) is 36.1. The van der Waals surface area contributed by atoms with Gasteiger partial charge in [0.1, 0.15) is 12.7 Å². The molecule has 7 nitrogen and oxygen atoms in total. The van der Waals surface area contributed by atoms with Crippen molar-refractivity contribution < 1.29 is 0 Å². The first-order valence-corrected chi connectivity index (χ1v) is 48.8. The third kappa shape index (κ3) is 16.5. The Balaban J connectivity index is 0.000000102. The number of rotatable bonds is 12. The zero-order valence-corrected chi connectivity index (χ0v) is 79.8. The number of para-hydroxylation sites is 4. The molecule has 0 saturated heterocycles. The van der Waals surface area contributed by atoms with Crippen LogP contribution in [0.1, 0.15) is 0 Å². The summed E-state index contributed by atoms with van der Waals surface area (Å²) in [5.41, 5.74) is 32.2. The van der Waals surface area contributed by atoms with Crippen LogP contribution in [0.4, 0.5) is 0 Å². The van der Waals surface area contributed by atoms with Crippen molar-refractivity contribution in [2.45, 2.75) is 0 Å². The Morgan fingerprint density at radius 2 is 0.407 bits per heavy atom. The van der Waals surface area contributed by atoms with Crippen molar-refractivity contribution in [3.8, 4) is 112 Å². The van der Waals surface area contributed by atoms with Gasteiger partial charge in [-0.2, -0.15) is 0 Å². The van der Waals surface area contributed by atoms with Crippen LogP contribution in [0.15, 0.2) is 498 Å². The highest BCUT2D eigenvalue weighted by molar-refractivity contribution is 9.11. The maximum atomic E-state index is 4.34. The van der Waals surface area contributed by atoms with E-state index in [2.05, 4.69) is 552 Å². The fraction of sp³-hybridized carbons (Fsp3) is 0. The van der Waals surface area contributed by atoms with Crippen molar-refractivity contribution >= 4 is 182 Å². The molecule has 0 saturated carbocycles. The van der Waals surface area contributed by atoms with E-state index in [0.29, 0.717) is 5.82 Å². The Hall–Kier alpha value is -15.3. The van der Waals surface area contributed by atoms with Gasteiger partial charge >= 0.3 is 0 Å². The summed E-state index contributed by atoms with van der Waals surface area (Å²) in [7, 11) is 0.